The molecule has 1 heterocycles. The molecule has 0 spiro atoms. The van der Waals surface area contributed by atoms with E-state index in [0.29, 0.717) is 0 Å². The molecule has 0 bridgehead atoms. The lowest BCUT2D eigenvalue weighted by Gasteiger charge is -2.01. The van der Waals surface area contributed by atoms with E-state index in [9.17, 15) is 20.0 Å². The number of phenols is 1. The van der Waals surface area contributed by atoms with E-state index in [4.69, 9.17) is 0 Å². The van der Waals surface area contributed by atoms with Gasteiger partial charge in [0.1, 0.15) is 11.4 Å². The number of carbonyl (C=O) groups is 1. The highest BCUT2D eigenvalue weighted by molar-refractivity contribution is 5.93. The summed E-state index contributed by atoms with van der Waals surface area (Å²) in [5, 5.41) is 24.0. The van der Waals surface area contributed by atoms with E-state index in [1.54, 1.807) is 18.3 Å². The Labute approximate surface area is 131 Å². The summed E-state index contributed by atoms with van der Waals surface area (Å²) in [5.41, 5.74) is 3.38. The summed E-state index contributed by atoms with van der Waals surface area (Å²) >= 11 is 0. The number of carbonyl (C=O) groups excluding carboxylic acids is 1. The third-order valence-corrected chi connectivity index (χ3v) is 3.06. The Balaban J connectivity index is 2.07. The predicted molar refractivity (Wildman–Crippen MR) is 83.4 cm³/mol. The van der Waals surface area contributed by atoms with Crippen LogP contribution in [0.25, 0.3) is 0 Å². The van der Waals surface area contributed by atoms with Crippen LogP contribution in [-0.4, -0.2) is 27.1 Å². The van der Waals surface area contributed by atoms with Crippen molar-refractivity contribution in [3.05, 3.63) is 63.5 Å². The second-order valence-electron chi connectivity index (χ2n) is 4.60. The van der Waals surface area contributed by atoms with Gasteiger partial charge in [-0.2, -0.15) is 5.10 Å². The number of pyridine rings is 1. The second-order valence-corrected chi connectivity index (χ2v) is 4.60. The van der Waals surface area contributed by atoms with Crippen molar-refractivity contribution in [3.63, 3.8) is 0 Å². The van der Waals surface area contributed by atoms with Crippen molar-refractivity contribution in [2.45, 2.75) is 13.3 Å². The Hall–Kier alpha value is -3.29. The number of nitrogens with one attached hydrogen (secondary N) is 1. The minimum Gasteiger partial charge on any atom is -0.507 e. The minimum absolute atomic E-state index is 0.119. The van der Waals surface area contributed by atoms with Crippen molar-refractivity contribution in [2.75, 3.05) is 0 Å². The Bertz CT molecular complexity index is 757. The van der Waals surface area contributed by atoms with Gasteiger partial charge in [-0.25, -0.2) is 5.43 Å². The zero-order valence-electron chi connectivity index (χ0n) is 12.3. The normalized spacial score (nSPS) is 10.7. The van der Waals surface area contributed by atoms with E-state index in [0.717, 1.165) is 24.3 Å². The summed E-state index contributed by atoms with van der Waals surface area (Å²) in [4.78, 5) is 25.9. The quantitative estimate of drug-likeness (QED) is 0.497. The van der Waals surface area contributed by atoms with Crippen molar-refractivity contribution < 1.29 is 14.8 Å². The Morgan fingerprint density at radius 3 is 2.83 bits per heavy atom. The number of aryl methyl sites for hydroxylation is 1. The van der Waals surface area contributed by atoms with Crippen LogP contribution in [-0.2, 0) is 6.42 Å². The molecule has 8 nitrogen and oxygen atoms in total. The van der Waals surface area contributed by atoms with E-state index in [1.807, 2.05) is 6.92 Å². The fraction of sp³-hybridized carbons (Fsp3) is 0.133. The predicted octanol–water partition coefficient (Wildman–Crippen LogP) is 2.02. The van der Waals surface area contributed by atoms with Crippen molar-refractivity contribution in [1.29, 1.82) is 0 Å². The first kappa shape index (κ1) is 16.1. The van der Waals surface area contributed by atoms with Gasteiger partial charge in [-0.05, 0) is 24.1 Å². The van der Waals surface area contributed by atoms with Gasteiger partial charge in [-0.1, -0.05) is 13.0 Å². The maximum atomic E-state index is 11.8. The topological polar surface area (TPSA) is 118 Å². The van der Waals surface area contributed by atoms with Crippen molar-refractivity contribution in [1.82, 2.24) is 10.4 Å². The van der Waals surface area contributed by atoms with Crippen LogP contribution in [0.5, 0.6) is 5.75 Å². The molecular weight excluding hydrogens is 300 g/mol. The number of rotatable bonds is 5. The maximum absolute atomic E-state index is 11.8. The fourth-order valence-corrected chi connectivity index (χ4v) is 1.74. The van der Waals surface area contributed by atoms with E-state index in [1.165, 1.54) is 12.1 Å². The second kappa shape index (κ2) is 7.12. The average Bonchev–Trinajstić information content (AvgIpc) is 2.56. The highest BCUT2D eigenvalue weighted by Crippen LogP contribution is 2.21. The van der Waals surface area contributed by atoms with Crippen LogP contribution in [0.2, 0.25) is 0 Å². The molecule has 2 rings (SSSR count). The van der Waals surface area contributed by atoms with Crippen LogP contribution >= 0.6 is 0 Å². The number of hydrazone groups is 1. The molecule has 0 radical (unpaired) electrons. The molecule has 1 aromatic carbocycles. The number of phenolic OH excluding ortho intramolecular Hbond substituents is 1. The molecule has 23 heavy (non-hydrogen) atoms. The SMILES string of the molecule is CCc1ccc(C(=O)NN=Cc2cc([N+](=O)[O-])ccc2O)nc1. The lowest BCUT2D eigenvalue weighted by Crippen LogP contribution is -2.19. The molecule has 2 aromatic rings. The van der Waals surface area contributed by atoms with Crippen LogP contribution in [0.15, 0.2) is 41.6 Å². The standard InChI is InChI=1S/C15H14N4O4/c1-2-10-3-5-13(16-8-10)15(21)18-17-9-11-7-12(19(22)23)4-6-14(11)20/h3-9,20H,2H2,1H3,(H,18,21). The molecule has 0 saturated heterocycles. The third-order valence-electron chi connectivity index (χ3n) is 3.06. The molecule has 118 valence electrons. The van der Waals surface area contributed by atoms with E-state index in [-0.39, 0.29) is 22.7 Å². The third kappa shape index (κ3) is 4.10. The Morgan fingerprint density at radius 1 is 1.43 bits per heavy atom. The van der Waals surface area contributed by atoms with Gasteiger partial charge in [0.25, 0.3) is 11.6 Å². The molecule has 0 unspecified atom stereocenters. The minimum atomic E-state index is -0.589. The van der Waals surface area contributed by atoms with Gasteiger partial charge >= 0.3 is 0 Å². The number of aromatic hydroxyl groups is 1. The van der Waals surface area contributed by atoms with Crippen LogP contribution in [0.4, 0.5) is 5.69 Å². The molecule has 1 amide bonds. The number of non-ortho nitro benzene ring substituents is 1. The molecule has 0 fully saturated rings. The first-order chi connectivity index (χ1) is 11.0. The number of aromatic nitrogens is 1. The molecular formula is C15H14N4O4. The van der Waals surface area contributed by atoms with Crippen LogP contribution in [0.1, 0.15) is 28.5 Å². The van der Waals surface area contributed by atoms with Gasteiger partial charge in [0.15, 0.2) is 0 Å². The van der Waals surface area contributed by atoms with E-state index >= 15 is 0 Å². The smallest absolute Gasteiger partial charge is 0.289 e. The fourth-order valence-electron chi connectivity index (χ4n) is 1.74. The first-order valence-electron chi connectivity index (χ1n) is 6.77. The highest BCUT2D eigenvalue weighted by Gasteiger charge is 2.09. The van der Waals surface area contributed by atoms with Crippen molar-refractivity contribution in [2.24, 2.45) is 5.10 Å². The Kier molecular flexibility index (Phi) is 4.98. The van der Waals surface area contributed by atoms with Gasteiger partial charge in [0.05, 0.1) is 11.1 Å². The molecule has 0 aliphatic rings. The monoisotopic (exact) mass is 314 g/mol. The van der Waals surface area contributed by atoms with Gasteiger partial charge < -0.3 is 5.11 Å². The molecule has 0 aliphatic carbocycles. The molecule has 2 N–H and O–H groups in total. The number of nitro benzene ring substituents is 1. The van der Waals surface area contributed by atoms with Crippen molar-refractivity contribution >= 4 is 17.8 Å². The summed E-state index contributed by atoms with van der Waals surface area (Å²) < 4.78 is 0. The number of hydrogen-bond donors (Lipinski definition) is 2. The summed E-state index contributed by atoms with van der Waals surface area (Å²) in [7, 11) is 0. The van der Waals surface area contributed by atoms with Crippen LogP contribution < -0.4 is 5.43 Å². The van der Waals surface area contributed by atoms with Gasteiger partial charge in [0.2, 0.25) is 0 Å². The molecule has 0 atom stereocenters. The van der Waals surface area contributed by atoms with E-state index in [2.05, 4.69) is 15.5 Å². The number of amides is 1. The number of hydrogen-bond acceptors (Lipinski definition) is 6. The number of benzene rings is 1. The van der Waals surface area contributed by atoms with Crippen LogP contribution in [0.3, 0.4) is 0 Å². The first-order valence-corrected chi connectivity index (χ1v) is 6.77. The average molecular weight is 314 g/mol. The van der Waals surface area contributed by atoms with Crippen molar-refractivity contribution in [3.8, 4) is 5.75 Å². The zero-order valence-corrected chi connectivity index (χ0v) is 12.3. The Morgan fingerprint density at radius 2 is 2.22 bits per heavy atom. The number of nitro groups is 1. The maximum Gasteiger partial charge on any atom is 0.289 e. The van der Waals surface area contributed by atoms with Gasteiger partial charge in [0, 0.05) is 23.9 Å². The summed E-state index contributed by atoms with van der Waals surface area (Å²) in [6.45, 7) is 1.98. The van der Waals surface area contributed by atoms with Crippen LogP contribution in [0, 0.1) is 10.1 Å². The lowest BCUT2D eigenvalue weighted by atomic mass is 10.2. The zero-order chi connectivity index (χ0) is 16.8. The van der Waals surface area contributed by atoms with Gasteiger partial charge in [-0.3, -0.25) is 19.9 Å². The molecule has 8 heteroatoms. The summed E-state index contributed by atoms with van der Waals surface area (Å²) in [5.74, 6) is -0.701. The van der Waals surface area contributed by atoms with Gasteiger partial charge in [-0.15, -0.1) is 0 Å². The highest BCUT2D eigenvalue weighted by atomic mass is 16.6. The van der Waals surface area contributed by atoms with E-state index < -0.39 is 10.8 Å². The summed E-state index contributed by atoms with van der Waals surface area (Å²) in [6, 6.07) is 6.88. The summed E-state index contributed by atoms with van der Waals surface area (Å²) in [6.07, 6.45) is 3.55. The molecule has 1 aromatic heterocycles. The number of nitrogens with zero attached hydrogens (tertiary/aromatic N) is 3. The lowest BCUT2D eigenvalue weighted by molar-refractivity contribution is -0.384. The molecule has 0 saturated carbocycles. The molecule has 0 aliphatic heterocycles. The largest absolute Gasteiger partial charge is 0.507 e.